The van der Waals surface area contributed by atoms with Crippen LogP contribution in [-0.4, -0.2) is 42.1 Å². The van der Waals surface area contributed by atoms with E-state index in [1.165, 1.54) is 0 Å². The maximum Gasteiger partial charge on any atom is 0.308 e. The smallest absolute Gasteiger partial charge is 0.308 e. The van der Waals surface area contributed by atoms with Gasteiger partial charge in [0.15, 0.2) is 0 Å². The molecule has 1 heterocycles. The fourth-order valence-corrected chi connectivity index (χ4v) is 2.94. The number of carbonyl (C=O) groups is 2. The molecule has 0 bridgehead atoms. The van der Waals surface area contributed by atoms with Gasteiger partial charge in [0.05, 0.1) is 13.0 Å². The molecule has 3 rings (SSSR count). The van der Waals surface area contributed by atoms with Crippen LogP contribution in [0.3, 0.4) is 0 Å². The molecule has 0 aliphatic carbocycles. The summed E-state index contributed by atoms with van der Waals surface area (Å²) in [7, 11) is 1.61. The van der Waals surface area contributed by atoms with Gasteiger partial charge in [0.2, 0.25) is 5.91 Å². The van der Waals surface area contributed by atoms with Crippen molar-refractivity contribution in [1.82, 2.24) is 4.90 Å². The van der Waals surface area contributed by atoms with Gasteiger partial charge >= 0.3 is 5.97 Å². The molecule has 6 heteroatoms. The van der Waals surface area contributed by atoms with Gasteiger partial charge in [-0.25, -0.2) is 0 Å². The fourth-order valence-electron chi connectivity index (χ4n) is 2.94. The average Bonchev–Trinajstić information content (AvgIpc) is 3.02. The molecule has 1 aliphatic heterocycles. The molecule has 1 saturated heterocycles. The van der Waals surface area contributed by atoms with Gasteiger partial charge in [-0.2, -0.15) is 0 Å². The molecule has 0 saturated carbocycles. The van der Waals surface area contributed by atoms with Crippen LogP contribution in [0, 0.1) is 5.92 Å². The van der Waals surface area contributed by atoms with E-state index in [2.05, 4.69) is 0 Å². The minimum atomic E-state index is -0.903. The van der Waals surface area contributed by atoms with E-state index < -0.39 is 11.9 Å². The topological polar surface area (TPSA) is 76.1 Å². The predicted molar refractivity (Wildman–Crippen MR) is 95.5 cm³/mol. The number of benzene rings is 2. The van der Waals surface area contributed by atoms with Crippen LogP contribution in [0.5, 0.6) is 17.2 Å². The minimum absolute atomic E-state index is 0.0876. The van der Waals surface area contributed by atoms with E-state index >= 15 is 0 Å². The Bertz CT molecular complexity index is 787. The molecule has 1 fully saturated rings. The Labute approximate surface area is 152 Å². The maximum absolute atomic E-state index is 11.9. The molecule has 136 valence electrons. The SMILES string of the molecule is COc1cccc(Oc2ccc(CCN3CC(C(=O)O)CC3=O)cc2)c1. The zero-order valence-corrected chi connectivity index (χ0v) is 14.6. The molecule has 2 aromatic carbocycles. The predicted octanol–water partition coefficient (Wildman–Crippen LogP) is 2.96. The van der Waals surface area contributed by atoms with Crippen LogP contribution >= 0.6 is 0 Å². The second kappa shape index (κ2) is 7.91. The van der Waals surface area contributed by atoms with Crippen molar-refractivity contribution < 1.29 is 24.2 Å². The van der Waals surface area contributed by atoms with Crippen molar-refractivity contribution >= 4 is 11.9 Å². The lowest BCUT2D eigenvalue weighted by Crippen LogP contribution is -2.28. The quantitative estimate of drug-likeness (QED) is 0.826. The number of carboxylic acid groups (broad SMARTS) is 1. The van der Waals surface area contributed by atoms with Crippen molar-refractivity contribution in [3.05, 3.63) is 54.1 Å². The molecule has 0 aromatic heterocycles. The minimum Gasteiger partial charge on any atom is -0.497 e. The first-order chi connectivity index (χ1) is 12.5. The van der Waals surface area contributed by atoms with Gasteiger partial charge in [-0.1, -0.05) is 18.2 Å². The van der Waals surface area contributed by atoms with E-state index in [1.807, 2.05) is 48.5 Å². The van der Waals surface area contributed by atoms with Crippen molar-refractivity contribution in [3.8, 4) is 17.2 Å². The molecule has 1 N–H and O–H groups in total. The van der Waals surface area contributed by atoms with Crippen LogP contribution in [0.1, 0.15) is 12.0 Å². The number of nitrogens with zero attached hydrogens (tertiary/aromatic N) is 1. The summed E-state index contributed by atoms with van der Waals surface area (Å²) in [5.41, 5.74) is 1.06. The molecule has 1 amide bonds. The molecule has 1 unspecified atom stereocenters. The van der Waals surface area contributed by atoms with Gasteiger partial charge in [-0.3, -0.25) is 9.59 Å². The fraction of sp³-hybridized carbons (Fsp3) is 0.300. The number of carbonyl (C=O) groups excluding carboxylic acids is 1. The standard InChI is InChI=1S/C20H21NO5/c1-25-17-3-2-4-18(12-17)26-16-7-5-14(6-8-16)9-10-21-13-15(20(23)24)11-19(21)22/h2-8,12,15H,9-11,13H2,1H3,(H,23,24). The Hall–Kier alpha value is -3.02. The van der Waals surface area contributed by atoms with Crippen LogP contribution in [0.4, 0.5) is 0 Å². The molecule has 1 atom stereocenters. The van der Waals surface area contributed by atoms with Gasteiger partial charge < -0.3 is 19.5 Å². The van der Waals surface area contributed by atoms with Gasteiger partial charge in [-0.05, 0) is 36.2 Å². The summed E-state index contributed by atoms with van der Waals surface area (Å²) < 4.78 is 11.0. The van der Waals surface area contributed by atoms with Crippen molar-refractivity contribution in [2.24, 2.45) is 5.92 Å². The maximum atomic E-state index is 11.9. The highest BCUT2D eigenvalue weighted by atomic mass is 16.5. The van der Waals surface area contributed by atoms with Crippen LogP contribution in [-0.2, 0) is 16.0 Å². The van der Waals surface area contributed by atoms with Crippen molar-refractivity contribution in [3.63, 3.8) is 0 Å². The zero-order valence-electron chi connectivity index (χ0n) is 14.6. The molecule has 26 heavy (non-hydrogen) atoms. The molecule has 1 aliphatic rings. The summed E-state index contributed by atoms with van der Waals surface area (Å²) in [6.45, 7) is 0.823. The highest BCUT2D eigenvalue weighted by molar-refractivity contribution is 5.86. The number of ether oxygens (including phenoxy) is 2. The van der Waals surface area contributed by atoms with E-state index in [0.29, 0.717) is 31.0 Å². The van der Waals surface area contributed by atoms with Gasteiger partial charge in [-0.15, -0.1) is 0 Å². The number of amides is 1. The van der Waals surface area contributed by atoms with Crippen molar-refractivity contribution in [1.29, 1.82) is 0 Å². The summed E-state index contributed by atoms with van der Waals surface area (Å²) in [6, 6.07) is 15.0. The van der Waals surface area contributed by atoms with Gasteiger partial charge in [0.25, 0.3) is 0 Å². The lowest BCUT2D eigenvalue weighted by Gasteiger charge is -2.16. The summed E-state index contributed by atoms with van der Waals surface area (Å²) in [6.07, 6.45) is 0.778. The summed E-state index contributed by atoms with van der Waals surface area (Å²) >= 11 is 0. The molecule has 0 spiro atoms. The first-order valence-corrected chi connectivity index (χ1v) is 8.46. The van der Waals surface area contributed by atoms with Gasteiger partial charge in [0, 0.05) is 25.6 Å². The number of hydrogen-bond acceptors (Lipinski definition) is 4. The Morgan fingerprint density at radius 3 is 2.54 bits per heavy atom. The summed E-state index contributed by atoms with van der Waals surface area (Å²) in [5.74, 6) is 0.565. The monoisotopic (exact) mass is 355 g/mol. The summed E-state index contributed by atoms with van der Waals surface area (Å²) in [5, 5.41) is 9.02. The molecular weight excluding hydrogens is 334 g/mol. The summed E-state index contributed by atoms with van der Waals surface area (Å²) in [4.78, 5) is 24.5. The Morgan fingerprint density at radius 2 is 1.88 bits per heavy atom. The van der Waals surface area contributed by atoms with Crippen molar-refractivity contribution in [2.45, 2.75) is 12.8 Å². The third kappa shape index (κ3) is 4.33. The van der Waals surface area contributed by atoms with E-state index in [4.69, 9.17) is 14.6 Å². The Kier molecular flexibility index (Phi) is 5.41. The zero-order chi connectivity index (χ0) is 18.5. The second-order valence-electron chi connectivity index (χ2n) is 6.25. The first-order valence-electron chi connectivity index (χ1n) is 8.46. The normalized spacial score (nSPS) is 16.6. The highest BCUT2D eigenvalue weighted by Crippen LogP contribution is 2.25. The number of hydrogen-bond donors (Lipinski definition) is 1. The number of carboxylic acids is 1. The first kappa shape index (κ1) is 17.8. The number of aliphatic carboxylic acids is 1. The van der Waals surface area contributed by atoms with Crippen LogP contribution in [0.15, 0.2) is 48.5 Å². The van der Waals surface area contributed by atoms with E-state index in [1.54, 1.807) is 12.0 Å². The number of likely N-dealkylation sites (tertiary alicyclic amines) is 1. The Morgan fingerprint density at radius 1 is 1.15 bits per heavy atom. The number of methoxy groups -OCH3 is 1. The lowest BCUT2D eigenvalue weighted by molar-refractivity contribution is -0.141. The Balaban J connectivity index is 1.54. The van der Waals surface area contributed by atoms with E-state index in [0.717, 1.165) is 11.3 Å². The molecule has 6 nitrogen and oxygen atoms in total. The molecular formula is C20H21NO5. The largest absolute Gasteiger partial charge is 0.497 e. The van der Waals surface area contributed by atoms with Crippen molar-refractivity contribution in [2.75, 3.05) is 20.2 Å². The number of rotatable bonds is 7. The van der Waals surface area contributed by atoms with E-state index in [9.17, 15) is 9.59 Å². The van der Waals surface area contributed by atoms with Gasteiger partial charge in [0.1, 0.15) is 17.2 Å². The lowest BCUT2D eigenvalue weighted by atomic mass is 10.1. The van der Waals surface area contributed by atoms with E-state index in [-0.39, 0.29) is 12.3 Å². The van der Waals surface area contributed by atoms with Crippen LogP contribution in [0.2, 0.25) is 0 Å². The average molecular weight is 355 g/mol. The molecule has 0 radical (unpaired) electrons. The highest BCUT2D eigenvalue weighted by Gasteiger charge is 2.33. The van der Waals surface area contributed by atoms with Crippen LogP contribution in [0.25, 0.3) is 0 Å². The third-order valence-electron chi connectivity index (χ3n) is 4.43. The van der Waals surface area contributed by atoms with Crippen LogP contribution < -0.4 is 9.47 Å². The second-order valence-corrected chi connectivity index (χ2v) is 6.25. The third-order valence-corrected chi connectivity index (χ3v) is 4.43. The molecule has 2 aromatic rings.